The second-order valence-electron chi connectivity index (χ2n) is 7.35. The number of amides is 1. The van der Waals surface area contributed by atoms with E-state index in [0.717, 1.165) is 18.8 Å². The summed E-state index contributed by atoms with van der Waals surface area (Å²) in [4.78, 5) is 14.3. The molecule has 0 heterocycles. The number of benzene rings is 2. The highest BCUT2D eigenvalue weighted by atomic mass is 16.1. The summed E-state index contributed by atoms with van der Waals surface area (Å²) in [5.74, 6) is 0.0541. The Kier molecular flexibility index (Phi) is 6.16. The Morgan fingerprint density at radius 2 is 1.62 bits per heavy atom. The number of rotatable bonds is 6. The van der Waals surface area contributed by atoms with Crippen molar-refractivity contribution >= 4 is 11.6 Å². The number of carbonyl (C=O) groups excluding carboxylic acids is 1. The smallest absolute Gasteiger partial charge is 0.225 e. The Morgan fingerprint density at radius 1 is 1.00 bits per heavy atom. The molecule has 1 N–H and O–H groups in total. The minimum Gasteiger partial charge on any atom is -0.326 e. The first-order valence-electron chi connectivity index (χ1n) is 8.47. The van der Waals surface area contributed by atoms with Gasteiger partial charge in [-0.25, -0.2) is 0 Å². The molecule has 3 heteroatoms. The summed E-state index contributed by atoms with van der Waals surface area (Å²) < 4.78 is 0. The van der Waals surface area contributed by atoms with Gasteiger partial charge >= 0.3 is 0 Å². The third kappa shape index (κ3) is 5.82. The molecule has 128 valence electrons. The lowest BCUT2D eigenvalue weighted by atomic mass is 9.87. The predicted octanol–water partition coefficient (Wildman–Crippen LogP) is 4.44. The predicted molar refractivity (Wildman–Crippen MR) is 101 cm³/mol. The van der Waals surface area contributed by atoms with Gasteiger partial charge in [0.25, 0.3) is 0 Å². The largest absolute Gasteiger partial charge is 0.326 e. The molecule has 0 aromatic heterocycles. The van der Waals surface area contributed by atoms with Crippen LogP contribution in [0.15, 0.2) is 54.6 Å². The zero-order valence-electron chi connectivity index (χ0n) is 15.2. The fraction of sp³-hybridized carbons (Fsp3) is 0.381. The van der Waals surface area contributed by atoms with Gasteiger partial charge in [-0.2, -0.15) is 0 Å². The summed E-state index contributed by atoms with van der Waals surface area (Å²) in [6.45, 7) is 8.14. The van der Waals surface area contributed by atoms with Gasteiger partial charge in [0.05, 0.1) is 0 Å². The summed E-state index contributed by atoms with van der Waals surface area (Å²) in [7, 11) is 2.04. The number of carbonyl (C=O) groups is 1. The van der Waals surface area contributed by atoms with Crippen molar-refractivity contribution in [2.75, 3.05) is 18.9 Å². The van der Waals surface area contributed by atoms with Crippen LogP contribution in [0.2, 0.25) is 0 Å². The van der Waals surface area contributed by atoms with Crippen LogP contribution in [0.1, 0.15) is 38.3 Å². The fourth-order valence-corrected chi connectivity index (χ4v) is 2.54. The normalized spacial score (nSPS) is 11.5. The molecule has 0 aliphatic heterocycles. The van der Waals surface area contributed by atoms with Gasteiger partial charge in [0.2, 0.25) is 5.91 Å². The highest BCUT2D eigenvalue weighted by Crippen LogP contribution is 2.23. The lowest BCUT2D eigenvalue weighted by molar-refractivity contribution is -0.116. The molecule has 0 radical (unpaired) electrons. The third-order valence-corrected chi connectivity index (χ3v) is 4.05. The number of anilines is 1. The molecule has 2 aromatic rings. The molecule has 1 amide bonds. The maximum Gasteiger partial charge on any atom is 0.225 e. The van der Waals surface area contributed by atoms with Crippen LogP contribution < -0.4 is 5.32 Å². The van der Waals surface area contributed by atoms with Crippen molar-refractivity contribution in [3.05, 3.63) is 65.7 Å². The molecular weight excluding hydrogens is 296 g/mol. The van der Waals surface area contributed by atoms with Crippen molar-refractivity contribution in [1.82, 2.24) is 4.90 Å². The van der Waals surface area contributed by atoms with Gasteiger partial charge in [0.15, 0.2) is 0 Å². The minimum atomic E-state index is 0.0541. The number of hydrogen-bond acceptors (Lipinski definition) is 2. The van der Waals surface area contributed by atoms with Crippen molar-refractivity contribution < 1.29 is 4.79 Å². The van der Waals surface area contributed by atoms with Crippen LogP contribution in [0.4, 0.5) is 5.69 Å². The van der Waals surface area contributed by atoms with E-state index in [1.165, 1.54) is 11.1 Å². The summed E-state index contributed by atoms with van der Waals surface area (Å²) in [5.41, 5.74) is 3.52. The van der Waals surface area contributed by atoms with E-state index in [4.69, 9.17) is 0 Å². The van der Waals surface area contributed by atoms with Crippen molar-refractivity contribution in [1.29, 1.82) is 0 Å². The van der Waals surface area contributed by atoms with E-state index in [-0.39, 0.29) is 11.3 Å². The molecule has 0 unspecified atom stereocenters. The lowest BCUT2D eigenvalue weighted by Crippen LogP contribution is -2.24. The number of hydrogen-bond donors (Lipinski definition) is 1. The summed E-state index contributed by atoms with van der Waals surface area (Å²) >= 11 is 0. The molecule has 3 nitrogen and oxygen atoms in total. The van der Waals surface area contributed by atoms with Gasteiger partial charge in [0, 0.05) is 25.2 Å². The van der Waals surface area contributed by atoms with Gasteiger partial charge in [-0.05, 0) is 35.7 Å². The van der Waals surface area contributed by atoms with Crippen LogP contribution in [0.5, 0.6) is 0 Å². The van der Waals surface area contributed by atoms with Gasteiger partial charge in [0.1, 0.15) is 0 Å². The summed E-state index contributed by atoms with van der Waals surface area (Å²) in [6, 6.07) is 18.4. The fourth-order valence-electron chi connectivity index (χ4n) is 2.54. The van der Waals surface area contributed by atoms with E-state index in [1.807, 2.05) is 37.4 Å². The van der Waals surface area contributed by atoms with E-state index in [1.54, 1.807) is 0 Å². The van der Waals surface area contributed by atoms with E-state index in [2.05, 4.69) is 55.3 Å². The average molecular weight is 324 g/mol. The molecule has 0 bridgehead atoms. The lowest BCUT2D eigenvalue weighted by Gasteiger charge is -2.19. The van der Waals surface area contributed by atoms with E-state index in [0.29, 0.717) is 6.42 Å². The van der Waals surface area contributed by atoms with Crippen LogP contribution in [-0.4, -0.2) is 24.4 Å². The van der Waals surface area contributed by atoms with Crippen LogP contribution >= 0.6 is 0 Å². The molecule has 2 rings (SSSR count). The second-order valence-corrected chi connectivity index (χ2v) is 7.35. The van der Waals surface area contributed by atoms with E-state index < -0.39 is 0 Å². The van der Waals surface area contributed by atoms with E-state index in [9.17, 15) is 4.79 Å². The molecule has 24 heavy (non-hydrogen) atoms. The SMILES string of the molecule is CN(CCC(=O)Nc1ccc(C(C)(C)C)cc1)Cc1ccccc1. The Bertz CT molecular complexity index is 642. The zero-order chi connectivity index (χ0) is 17.6. The topological polar surface area (TPSA) is 32.3 Å². The van der Waals surface area contributed by atoms with Gasteiger partial charge in [-0.3, -0.25) is 4.79 Å². The van der Waals surface area contributed by atoms with Crippen molar-refractivity contribution in [2.24, 2.45) is 0 Å². The Balaban J connectivity index is 1.78. The van der Waals surface area contributed by atoms with E-state index >= 15 is 0 Å². The summed E-state index contributed by atoms with van der Waals surface area (Å²) in [6.07, 6.45) is 0.490. The molecule has 0 saturated heterocycles. The number of nitrogens with one attached hydrogen (secondary N) is 1. The molecule has 0 saturated carbocycles. The van der Waals surface area contributed by atoms with Gasteiger partial charge in [-0.1, -0.05) is 63.2 Å². The average Bonchev–Trinajstić information content (AvgIpc) is 2.53. The minimum absolute atomic E-state index is 0.0541. The maximum absolute atomic E-state index is 12.1. The number of nitrogens with zero attached hydrogens (tertiary/aromatic N) is 1. The molecule has 0 aliphatic carbocycles. The van der Waals surface area contributed by atoms with Crippen molar-refractivity contribution in [3.8, 4) is 0 Å². The quantitative estimate of drug-likeness (QED) is 0.851. The Morgan fingerprint density at radius 3 is 2.21 bits per heavy atom. The molecule has 2 aromatic carbocycles. The van der Waals surface area contributed by atoms with Crippen LogP contribution in [0.25, 0.3) is 0 Å². The first-order chi connectivity index (χ1) is 11.3. The maximum atomic E-state index is 12.1. The van der Waals surface area contributed by atoms with Crippen LogP contribution in [0, 0.1) is 0 Å². The molecule has 0 aliphatic rings. The Hall–Kier alpha value is -2.13. The van der Waals surface area contributed by atoms with Crippen LogP contribution in [-0.2, 0) is 16.8 Å². The zero-order valence-corrected chi connectivity index (χ0v) is 15.2. The standard InChI is InChI=1S/C21H28N2O/c1-21(2,3)18-10-12-19(13-11-18)22-20(24)14-15-23(4)16-17-8-6-5-7-9-17/h5-13H,14-16H2,1-4H3,(H,22,24). The van der Waals surface area contributed by atoms with Gasteiger partial charge < -0.3 is 10.2 Å². The Labute approximate surface area is 145 Å². The molecule has 0 atom stereocenters. The van der Waals surface area contributed by atoms with Crippen molar-refractivity contribution in [3.63, 3.8) is 0 Å². The molecule has 0 fully saturated rings. The van der Waals surface area contributed by atoms with Gasteiger partial charge in [-0.15, -0.1) is 0 Å². The highest BCUT2D eigenvalue weighted by molar-refractivity contribution is 5.90. The monoisotopic (exact) mass is 324 g/mol. The summed E-state index contributed by atoms with van der Waals surface area (Å²) in [5, 5.41) is 2.97. The first-order valence-corrected chi connectivity index (χ1v) is 8.47. The first kappa shape index (κ1) is 18.2. The molecular formula is C21H28N2O. The second kappa shape index (κ2) is 8.11. The van der Waals surface area contributed by atoms with Crippen molar-refractivity contribution in [2.45, 2.75) is 39.2 Å². The molecule has 0 spiro atoms. The van der Waals surface area contributed by atoms with Crippen LogP contribution in [0.3, 0.4) is 0 Å². The highest BCUT2D eigenvalue weighted by Gasteiger charge is 2.13. The third-order valence-electron chi connectivity index (χ3n) is 4.05.